The fourth-order valence-electron chi connectivity index (χ4n) is 0.234. The van der Waals surface area contributed by atoms with Crippen molar-refractivity contribution in [1.82, 2.24) is 0 Å². The molecule has 0 unspecified atom stereocenters. The third kappa shape index (κ3) is 16.7. The van der Waals surface area contributed by atoms with Crippen LogP contribution in [0, 0.1) is 0 Å². The molecule has 6 nitrogen and oxygen atoms in total. The van der Waals surface area contributed by atoms with Gasteiger partial charge in [0.2, 0.25) is 0 Å². The topological polar surface area (TPSA) is 110 Å². The van der Waals surface area contributed by atoms with E-state index in [-0.39, 0.29) is 28.8 Å². The Hall–Kier alpha value is 0.326. The zero-order valence-corrected chi connectivity index (χ0v) is 8.84. The van der Waals surface area contributed by atoms with E-state index in [4.69, 9.17) is 17.5 Å². The van der Waals surface area contributed by atoms with Crippen molar-refractivity contribution in [2.75, 3.05) is 5.75 Å². The summed E-state index contributed by atoms with van der Waals surface area (Å²) < 4.78 is 37.7. The smallest absolute Gasteiger partial charge is 0.759 e. The molecule has 0 aliphatic carbocycles. The van der Waals surface area contributed by atoms with Crippen molar-refractivity contribution in [2.24, 2.45) is 4.40 Å². The maximum absolute atomic E-state index is 10.1. The molecule has 0 saturated heterocycles. The number of hydrogen-bond donors (Lipinski definition) is 0. The quantitative estimate of drug-likeness (QED) is 0.215. The van der Waals surface area contributed by atoms with Gasteiger partial charge in [-0.25, -0.2) is 4.40 Å². The van der Waals surface area contributed by atoms with Crippen LogP contribution in [0.3, 0.4) is 0 Å². The molecule has 0 bridgehead atoms. The number of Topliss-reactive ketones (excluding diaryl/α,β-unsaturated/α-hetero) is 1. The summed E-state index contributed by atoms with van der Waals surface area (Å²) in [6.07, 6.45) is 1.35. The normalized spacial score (nSPS) is 14.7. The molecule has 64 valence electrons. The van der Waals surface area contributed by atoms with Gasteiger partial charge in [0.1, 0.15) is 0 Å². The number of carbonyl (C=O) groups excluding carboxylic acids is 1. The second-order valence-corrected chi connectivity index (χ2v) is 2.96. The van der Waals surface area contributed by atoms with Crippen LogP contribution in [0.4, 0.5) is 0 Å². The van der Waals surface area contributed by atoms with Gasteiger partial charge in [0, 0.05) is 10.4 Å². The summed E-state index contributed by atoms with van der Waals surface area (Å²) in [6.45, 7) is 0. The summed E-state index contributed by atoms with van der Waals surface area (Å²) in [6, 6.07) is 0. The maximum atomic E-state index is 10.1. The van der Waals surface area contributed by atoms with Gasteiger partial charge in [-0.15, -0.1) is 0 Å². The summed E-state index contributed by atoms with van der Waals surface area (Å²) in [5.74, 6) is 0.667. The Morgan fingerprint density at radius 1 is 1.50 bits per heavy atom. The van der Waals surface area contributed by atoms with Crippen LogP contribution in [0.15, 0.2) is 4.40 Å². The van der Waals surface area contributed by atoms with E-state index in [2.05, 4.69) is 4.40 Å². The van der Waals surface area contributed by atoms with Crippen LogP contribution in [0.2, 0.25) is 0 Å². The molecular formula is C3H3MgNO5S2. The summed E-state index contributed by atoms with van der Waals surface area (Å²) >= 11 is 1.30. The minimum absolute atomic E-state index is 0. The summed E-state index contributed by atoms with van der Waals surface area (Å²) in [7, 11) is -5.17. The first-order valence-electron chi connectivity index (χ1n) is 2.24. The molecule has 1 aliphatic heterocycles. The molecule has 9 heteroatoms. The number of hydrogen-bond acceptors (Lipinski definition) is 7. The van der Waals surface area contributed by atoms with Crippen molar-refractivity contribution >= 4 is 57.4 Å². The predicted octanol–water partition coefficient (Wildman–Crippen LogP) is -1.43. The fraction of sp³-hybridized carbons (Fsp3) is 0.333. The summed E-state index contributed by atoms with van der Waals surface area (Å²) in [5, 5.41) is 0. The van der Waals surface area contributed by atoms with Crippen molar-refractivity contribution in [3.8, 4) is 0 Å². The van der Waals surface area contributed by atoms with Gasteiger partial charge >= 0.3 is 23.1 Å². The molecule has 0 aromatic carbocycles. The van der Waals surface area contributed by atoms with Crippen LogP contribution in [0.5, 0.6) is 0 Å². The predicted molar refractivity (Wildman–Crippen MR) is 42.2 cm³/mol. The van der Waals surface area contributed by atoms with E-state index in [1.165, 1.54) is 18.2 Å². The van der Waals surface area contributed by atoms with Gasteiger partial charge in [-0.2, -0.15) is 0 Å². The van der Waals surface area contributed by atoms with Gasteiger partial charge in [0.25, 0.3) is 0 Å². The van der Waals surface area contributed by atoms with Gasteiger partial charge in [-0.05, 0) is 11.9 Å². The molecule has 0 saturated carbocycles. The molecule has 0 fully saturated rings. The fourth-order valence-corrected chi connectivity index (χ4v) is 0.703. The van der Waals surface area contributed by atoms with Crippen LogP contribution >= 0.6 is 11.9 Å². The SMILES string of the molecule is O=C1C=NSC1.O=S(=O)([O-])[O-].[Mg+2]. The number of rotatable bonds is 0. The van der Waals surface area contributed by atoms with Crippen LogP contribution in [0.25, 0.3) is 0 Å². The summed E-state index contributed by atoms with van der Waals surface area (Å²) in [4.78, 5) is 10.1. The molecule has 1 rings (SSSR count). The van der Waals surface area contributed by atoms with E-state index in [9.17, 15) is 4.79 Å². The molecule has 0 atom stereocenters. The molecule has 0 radical (unpaired) electrons. The Bertz CT molecular complexity index is 252. The molecule has 0 aromatic heterocycles. The number of ketones is 1. The first-order valence-corrected chi connectivity index (χ1v) is 4.52. The van der Waals surface area contributed by atoms with E-state index in [0.29, 0.717) is 5.75 Å². The van der Waals surface area contributed by atoms with Crippen LogP contribution in [0.1, 0.15) is 0 Å². The summed E-state index contributed by atoms with van der Waals surface area (Å²) in [5.41, 5.74) is 0. The zero-order valence-electron chi connectivity index (χ0n) is 5.80. The van der Waals surface area contributed by atoms with E-state index in [1.807, 2.05) is 0 Å². The Morgan fingerprint density at radius 3 is 2.00 bits per heavy atom. The van der Waals surface area contributed by atoms with Gasteiger partial charge in [-0.3, -0.25) is 13.2 Å². The van der Waals surface area contributed by atoms with E-state index >= 15 is 0 Å². The van der Waals surface area contributed by atoms with Crippen molar-refractivity contribution in [2.45, 2.75) is 0 Å². The minimum atomic E-state index is -5.17. The monoisotopic (exact) mass is 221 g/mol. The number of nitrogens with zero attached hydrogens (tertiary/aromatic N) is 1. The molecule has 0 spiro atoms. The Kier molecular flexibility index (Phi) is 8.40. The second-order valence-electron chi connectivity index (χ2n) is 1.38. The van der Waals surface area contributed by atoms with Gasteiger partial charge in [0.15, 0.2) is 5.78 Å². The molecular weight excluding hydrogens is 218 g/mol. The third-order valence-electron chi connectivity index (χ3n) is 0.478. The zero-order chi connectivity index (χ0) is 8.91. The first-order chi connectivity index (χ1) is 4.89. The van der Waals surface area contributed by atoms with Crippen LogP contribution < -0.4 is 0 Å². The molecule has 1 aliphatic rings. The standard InChI is InChI=1S/C3H3NOS.Mg.H2O4S/c5-3-1-4-6-2-3;;1-5(2,3)4/h1H,2H2;;(H2,1,2,3,4)/q;+2;/p-2. The molecule has 0 amide bonds. The average molecular weight is 221 g/mol. The van der Waals surface area contributed by atoms with Crippen LogP contribution in [-0.2, 0) is 15.2 Å². The van der Waals surface area contributed by atoms with Gasteiger partial charge in [0.05, 0.1) is 12.0 Å². The largest absolute Gasteiger partial charge is 2.00 e. The van der Waals surface area contributed by atoms with Crippen molar-refractivity contribution in [3.63, 3.8) is 0 Å². The molecule has 12 heavy (non-hydrogen) atoms. The Morgan fingerprint density at radius 2 is 1.92 bits per heavy atom. The maximum Gasteiger partial charge on any atom is 2.00 e. The number of carbonyl (C=O) groups is 1. The van der Waals surface area contributed by atoms with E-state index in [1.54, 1.807) is 0 Å². The van der Waals surface area contributed by atoms with E-state index in [0.717, 1.165) is 0 Å². The van der Waals surface area contributed by atoms with Gasteiger partial charge in [-0.1, -0.05) is 0 Å². The van der Waals surface area contributed by atoms with Crippen LogP contribution in [-0.4, -0.2) is 58.3 Å². The first kappa shape index (κ1) is 14.8. The molecule has 0 aromatic rings. The van der Waals surface area contributed by atoms with Crippen molar-refractivity contribution in [3.05, 3.63) is 0 Å². The molecule has 1 heterocycles. The third-order valence-corrected chi connectivity index (χ3v) is 1.15. The van der Waals surface area contributed by atoms with Crippen molar-refractivity contribution < 1.29 is 22.3 Å². The Balaban J connectivity index is 0. The second kappa shape index (κ2) is 6.80. The molecule has 0 N–H and O–H groups in total. The van der Waals surface area contributed by atoms with Gasteiger partial charge < -0.3 is 9.11 Å². The average Bonchev–Trinajstić information content (AvgIpc) is 2.12. The van der Waals surface area contributed by atoms with Crippen molar-refractivity contribution in [1.29, 1.82) is 0 Å². The van der Waals surface area contributed by atoms with E-state index < -0.39 is 10.4 Å². The minimum Gasteiger partial charge on any atom is -0.759 e. The Labute approximate surface area is 89.7 Å².